The van der Waals surface area contributed by atoms with Gasteiger partial charge in [0.2, 0.25) is 5.91 Å². The summed E-state index contributed by atoms with van der Waals surface area (Å²) in [5, 5.41) is 29.8. The van der Waals surface area contributed by atoms with Gasteiger partial charge in [-0.05, 0) is 6.42 Å². The second-order valence-corrected chi connectivity index (χ2v) is 5.52. The van der Waals surface area contributed by atoms with Crippen LogP contribution in [-0.2, 0) is 14.3 Å². The van der Waals surface area contributed by atoms with Crippen molar-refractivity contribution in [2.24, 2.45) is 4.99 Å². The Morgan fingerprint density at radius 3 is 2.55 bits per heavy atom. The Balaban J connectivity index is 2.63. The predicted octanol–water partition coefficient (Wildman–Crippen LogP) is -1.44. The molecule has 8 heteroatoms. The maximum Gasteiger partial charge on any atom is 0.329 e. The Morgan fingerprint density at radius 2 is 2.05 bits per heavy atom. The van der Waals surface area contributed by atoms with Crippen LogP contribution in [0.15, 0.2) is 4.99 Å². The molecular weight excluding hydrogens is 268 g/mol. The number of hydrogen-bond acceptors (Lipinski definition) is 6. The van der Waals surface area contributed by atoms with Crippen molar-refractivity contribution in [1.82, 2.24) is 4.90 Å². The van der Waals surface area contributed by atoms with E-state index >= 15 is 0 Å². The summed E-state index contributed by atoms with van der Waals surface area (Å²) < 4.78 is 4.90. The second-order valence-electron chi connectivity index (χ2n) is 5.52. The van der Waals surface area contributed by atoms with Gasteiger partial charge in [-0.2, -0.15) is 0 Å². The van der Waals surface area contributed by atoms with E-state index in [1.807, 2.05) is 0 Å². The largest absolute Gasteiger partial charge is 0.595 e. The third-order valence-corrected chi connectivity index (χ3v) is 2.68. The highest BCUT2D eigenvalue weighted by Crippen LogP contribution is 2.18. The number of carbonyl (C=O) groups is 2. The number of carboxylic acids is 1. The predicted molar refractivity (Wildman–Crippen MR) is 66.9 cm³/mol. The minimum absolute atomic E-state index is 0.126. The Kier molecular flexibility index (Phi) is 4.93. The van der Waals surface area contributed by atoms with Crippen LogP contribution in [0.3, 0.4) is 0 Å². The number of likely N-dealkylation sites (tertiary alicyclic amines) is 1. The van der Waals surface area contributed by atoms with Crippen LogP contribution < -0.4 is 5.11 Å². The fraction of sp³-hybridized carbons (Fsp3) is 0.750. The smallest absolute Gasteiger partial charge is 0.329 e. The number of carboxylic acid groups (broad SMARTS) is 1. The van der Waals surface area contributed by atoms with Gasteiger partial charge in [0.15, 0.2) is 6.04 Å². The van der Waals surface area contributed by atoms with Crippen molar-refractivity contribution in [1.29, 1.82) is 0 Å². The molecule has 1 aliphatic rings. The molecule has 0 saturated carbocycles. The number of rotatable bonds is 3. The molecule has 0 spiro atoms. The first-order valence-electron chi connectivity index (χ1n) is 6.22. The third kappa shape index (κ3) is 4.37. The molecule has 0 aliphatic carbocycles. The molecule has 2 atom stereocenters. The molecule has 8 nitrogen and oxygen atoms in total. The number of aliphatic hydroxyl groups excluding tert-OH is 1. The van der Waals surface area contributed by atoms with E-state index in [4.69, 9.17) is 9.84 Å². The van der Waals surface area contributed by atoms with Crippen LogP contribution >= 0.6 is 0 Å². The van der Waals surface area contributed by atoms with E-state index in [2.05, 4.69) is 4.99 Å². The summed E-state index contributed by atoms with van der Waals surface area (Å²) in [4.78, 5) is 27.3. The Morgan fingerprint density at radius 1 is 1.45 bits per heavy atom. The van der Waals surface area contributed by atoms with Crippen molar-refractivity contribution in [3.63, 3.8) is 0 Å². The fourth-order valence-corrected chi connectivity index (χ4v) is 1.87. The molecule has 0 aromatic heterocycles. The van der Waals surface area contributed by atoms with Crippen LogP contribution in [0.4, 0.5) is 0 Å². The van der Waals surface area contributed by atoms with E-state index in [0.717, 1.165) is 4.90 Å². The highest BCUT2D eigenvalue weighted by Gasteiger charge is 2.40. The molecule has 0 unspecified atom stereocenters. The topological polar surface area (TPSA) is 122 Å². The number of aliphatic hydroxyl groups is 1. The molecule has 0 aromatic carbocycles. The van der Waals surface area contributed by atoms with E-state index in [1.165, 1.54) is 0 Å². The fourth-order valence-electron chi connectivity index (χ4n) is 1.87. The van der Waals surface area contributed by atoms with Crippen LogP contribution in [0.1, 0.15) is 27.2 Å². The number of carbonyl (C=O) groups excluding carboxylic acids is 1. The molecule has 2 N–H and O–H groups in total. The summed E-state index contributed by atoms with van der Waals surface area (Å²) >= 11 is 0. The van der Waals surface area contributed by atoms with Crippen LogP contribution in [0, 0.1) is 0 Å². The standard InChI is InChI=1S/C12H20N2O6/c1-12(2,3)20-11(19)13-6-8(16)14-5-4-7(15)9(14)10(17)18/h7,9,15H,4-6H2,1-3H3,(H,13,19)(H,17,18)/p-1/t7-,9+/m1/s1. The molecule has 1 rings (SSSR count). The van der Waals surface area contributed by atoms with E-state index < -0.39 is 42.3 Å². The van der Waals surface area contributed by atoms with Gasteiger partial charge in [0.25, 0.3) is 0 Å². The SMILES string of the molecule is CC(C)(C)OC([O-])=NCC(=O)N1CC[C@@H](O)[C@H]1C(=O)O. The quantitative estimate of drug-likeness (QED) is 0.484. The molecule has 0 radical (unpaired) electrons. The molecule has 20 heavy (non-hydrogen) atoms. The lowest BCUT2D eigenvalue weighted by Crippen LogP contribution is -2.46. The van der Waals surface area contributed by atoms with Gasteiger partial charge in [0.05, 0.1) is 6.10 Å². The van der Waals surface area contributed by atoms with Gasteiger partial charge >= 0.3 is 5.97 Å². The number of aliphatic carboxylic acids is 1. The summed E-state index contributed by atoms with van der Waals surface area (Å²) in [6.45, 7) is 4.63. The molecule has 1 amide bonds. The van der Waals surface area contributed by atoms with Gasteiger partial charge in [-0.15, -0.1) is 0 Å². The minimum Gasteiger partial charge on any atom is -0.595 e. The van der Waals surface area contributed by atoms with Gasteiger partial charge in [0, 0.05) is 12.1 Å². The molecule has 0 bridgehead atoms. The van der Waals surface area contributed by atoms with Crippen molar-refractivity contribution in [2.45, 2.75) is 44.9 Å². The van der Waals surface area contributed by atoms with E-state index in [0.29, 0.717) is 0 Å². The van der Waals surface area contributed by atoms with Crippen molar-refractivity contribution in [3.05, 3.63) is 0 Å². The Bertz CT molecular complexity index is 415. The number of ether oxygens (including phenoxy) is 1. The molecular formula is C12H19N2O6-. The number of hydrogen-bond donors (Lipinski definition) is 2. The van der Waals surface area contributed by atoms with Crippen LogP contribution in [0.5, 0.6) is 0 Å². The molecule has 0 aromatic rings. The van der Waals surface area contributed by atoms with Crippen LogP contribution in [0.25, 0.3) is 0 Å². The monoisotopic (exact) mass is 287 g/mol. The van der Waals surface area contributed by atoms with Gasteiger partial charge in [-0.1, -0.05) is 20.8 Å². The summed E-state index contributed by atoms with van der Waals surface area (Å²) in [5.74, 6) is -1.90. The Hall–Kier alpha value is -1.83. The number of amides is 1. The molecule has 1 saturated heterocycles. The summed E-state index contributed by atoms with van der Waals surface area (Å²) in [5.41, 5.74) is -0.711. The maximum absolute atomic E-state index is 11.8. The third-order valence-electron chi connectivity index (χ3n) is 2.68. The average Bonchev–Trinajstić information content (AvgIpc) is 2.65. The maximum atomic E-state index is 11.8. The molecule has 114 valence electrons. The van der Waals surface area contributed by atoms with Crippen LogP contribution in [-0.4, -0.2) is 63.9 Å². The van der Waals surface area contributed by atoms with Crippen LogP contribution in [0.2, 0.25) is 0 Å². The molecule has 1 heterocycles. The first-order valence-corrected chi connectivity index (χ1v) is 6.22. The highest BCUT2D eigenvalue weighted by molar-refractivity contribution is 5.86. The van der Waals surface area contributed by atoms with Crippen molar-refractivity contribution < 1.29 is 29.6 Å². The summed E-state index contributed by atoms with van der Waals surface area (Å²) in [7, 11) is 0. The van der Waals surface area contributed by atoms with Crippen molar-refractivity contribution in [2.75, 3.05) is 13.1 Å². The second kappa shape index (κ2) is 6.08. The lowest BCUT2D eigenvalue weighted by molar-refractivity contribution is -0.260. The number of nitrogens with zero attached hydrogens (tertiary/aromatic N) is 2. The first-order chi connectivity index (χ1) is 9.11. The number of aliphatic imine (C=N–C) groups is 1. The van der Waals surface area contributed by atoms with Gasteiger partial charge in [-0.25, -0.2) is 4.79 Å². The van der Waals surface area contributed by atoms with Gasteiger partial charge in [-0.3, -0.25) is 9.79 Å². The van der Waals surface area contributed by atoms with E-state index in [9.17, 15) is 19.8 Å². The lowest BCUT2D eigenvalue weighted by atomic mass is 10.2. The lowest BCUT2D eigenvalue weighted by Gasteiger charge is -2.29. The summed E-state index contributed by atoms with van der Waals surface area (Å²) in [6, 6.07) is -1.28. The van der Waals surface area contributed by atoms with E-state index in [1.54, 1.807) is 20.8 Å². The molecule has 1 fully saturated rings. The van der Waals surface area contributed by atoms with Gasteiger partial charge < -0.3 is 25.0 Å². The van der Waals surface area contributed by atoms with E-state index in [-0.39, 0.29) is 13.0 Å². The zero-order valence-corrected chi connectivity index (χ0v) is 11.7. The Labute approximate surface area is 116 Å². The minimum atomic E-state index is -1.28. The first kappa shape index (κ1) is 16.2. The highest BCUT2D eigenvalue weighted by atomic mass is 16.6. The van der Waals surface area contributed by atoms with Crippen molar-refractivity contribution >= 4 is 18.0 Å². The zero-order chi connectivity index (χ0) is 15.5. The molecule has 1 aliphatic heterocycles. The van der Waals surface area contributed by atoms with Crippen molar-refractivity contribution in [3.8, 4) is 0 Å². The normalized spacial score (nSPS) is 23.8. The zero-order valence-electron chi connectivity index (χ0n) is 11.7. The van der Waals surface area contributed by atoms with Gasteiger partial charge in [0.1, 0.15) is 12.6 Å². The average molecular weight is 287 g/mol. The summed E-state index contributed by atoms with van der Waals surface area (Å²) in [6.07, 6.45) is -1.79.